The van der Waals surface area contributed by atoms with Gasteiger partial charge in [0.05, 0.1) is 5.75 Å². The van der Waals surface area contributed by atoms with Crippen LogP contribution < -0.4 is 4.72 Å². The van der Waals surface area contributed by atoms with E-state index >= 15 is 0 Å². The van der Waals surface area contributed by atoms with Crippen LogP contribution in [0.5, 0.6) is 0 Å². The van der Waals surface area contributed by atoms with Crippen LogP contribution in [0.2, 0.25) is 0 Å². The molecule has 0 aliphatic carbocycles. The van der Waals surface area contributed by atoms with Crippen LogP contribution in [-0.4, -0.2) is 57.5 Å². The minimum Gasteiger partial charge on any atom is -0.381 e. The standard InChI is InChI=1S/C16H24N2O3S/c19-22(20,11-8-14-4-2-1-3-5-14)17-15-12-18(13-15)16-6-9-21-10-7-16/h1-5,15-17H,6-13H2. The van der Waals surface area contributed by atoms with E-state index in [1.54, 1.807) is 0 Å². The molecule has 0 spiro atoms. The van der Waals surface area contributed by atoms with E-state index in [2.05, 4.69) is 9.62 Å². The third kappa shape index (κ3) is 4.29. The highest BCUT2D eigenvalue weighted by molar-refractivity contribution is 7.89. The van der Waals surface area contributed by atoms with Crippen molar-refractivity contribution in [2.75, 3.05) is 32.1 Å². The van der Waals surface area contributed by atoms with Crippen molar-refractivity contribution in [2.45, 2.75) is 31.3 Å². The largest absolute Gasteiger partial charge is 0.381 e. The zero-order valence-electron chi connectivity index (χ0n) is 12.8. The molecule has 2 saturated heterocycles. The second-order valence-corrected chi connectivity index (χ2v) is 8.04. The Hall–Kier alpha value is -0.950. The Morgan fingerprint density at radius 1 is 1.14 bits per heavy atom. The lowest BCUT2D eigenvalue weighted by atomic mass is 10.0. The summed E-state index contributed by atoms with van der Waals surface area (Å²) < 4.78 is 32.5. The van der Waals surface area contributed by atoms with Crippen molar-refractivity contribution >= 4 is 10.0 Å². The molecule has 2 heterocycles. The summed E-state index contributed by atoms with van der Waals surface area (Å²) in [5, 5.41) is 0. The number of hydrogen-bond donors (Lipinski definition) is 1. The lowest BCUT2D eigenvalue weighted by molar-refractivity contribution is 0.000327. The van der Waals surface area contributed by atoms with Crippen molar-refractivity contribution in [3.8, 4) is 0 Å². The first-order chi connectivity index (χ1) is 10.6. The highest BCUT2D eigenvalue weighted by Gasteiger charge is 2.35. The van der Waals surface area contributed by atoms with Gasteiger partial charge < -0.3 is 4.74 Å². The Labute approximate surface area is 132 Å². The number of nitrogens with zero attached hydrogens (tertiary/aromatic N) is 1. The van der Waals surface area contributed by atoms with E-state index in [9.17, 15) is 8.42 Å². The molecule has 6 heteroatoms. The Morgan fingerprint density at radius 2 is 1.82 bits per heavy atom. The molecule has 0 amide bonds. The van der Waals surface area contributed by atoms with Crippen molar-refractivity contribution < 1.29 is 13.2 Å². The van der Waals surface area contributed by atoms with E-state index in [1.165, 1.54) is 0 Å². The summed E-state index contributed by atoms with van der Waals surface area (Å²) in [4.78, 5) is 2.37. The van der Waals surface area contributed by atoms with Crippen LogP contribution >= 0.6 is 0 Å². The van der Waals surface area contributed by atoms with Gasteiger partial charge in [-0.15, -0.1) is 0 Å². The zero-order valence-corrected chi connectivity index (χ0v) is 13.6. The third-order valence-electron chi connectivity index (χ3n) is 4.47. The molecule has 0 bridgehead atoms. The van der Waals surface area contributed by atoms with E-state index in [0.717, 1.165) is 44.7 Å². The summed E-state index contributed by atoms with van der Waals surface area (Å²) in [5.74, 6) is 0.158. The van der Waals surface area contributed by atoms with Gasteiger partial charge >= 0.3 is 0 Å². The molecule has 1 aromatic rings. The van der Waals surface area contributed by atoms with E-state index in [0.29, 0.717) is 12.5 Å². The van der Waals surface area contributed by atoms with Gasteiger partial charge in [0, 0.05) is 38.4 Å². The normalized spacial score (nSPS) is 21.6. The van der Waals surface area contributed by atoms with Crippen molar-refractivity contribution in [3.63, 3.8) is 0 Å². The Morgan fingerprint density at radius 3 is 2.50 bits per heavy atom. The van der Waals surface area contributed by atoms with Crippen LogP contribution in [0.25, 0.3) is 0 Å². The van der Waals surface area contributed by atoms with Gasteiger partial charge in [-0.2, -0.15) is 0 Å². The number of rotatable bonds is 6. The number of ether oxygens (including phenoxy) is 1. The van der Waals surface area contributed by atoms with Crippen molar-refractivity contribution in [1.82, 2.24) is 9.62 Å². The van der Waals surface area contributed by atoms with E-state index < -0.39 is 10.0 Å². The van der Waals surface area contributed by atoms with Gasteiger partial charge in [-0.05, 0) is 24.8 Å². The summed E-state index contributed by atoms with van der Waals surface area (Å²) in [6, 6.07) is 10.4. The quantitative estimate of drug-likeness (QED) is 0.848. The molecule has 0 aromatic heterocycles. The summed E-state index contributed by atoms with van der Waals surface area (Å²) in [6.45, 7) is 3.31. The predicted octanol–water partition coefficient (Wildman–Crippen LogP) is 1.01. The molecule has 2 aliphatic rings. The summed E-state index contributed by atoms with van der Waals surface area (Å²) >= 11 is 0. The molecular weight excluding hydrogens is 300 g/mol. The molecule has 0 radical (unpaired) electrons. The first kappa shape index (κ1) is 15.9. The summed E-state index contributed by atoms with van der Waals surface area (Å²) in [5.41, 5.74) is 1.06. The minimum atomic E-state index is -3.20. The summed E-state index contributed by atoms with van der Waals surface area (Å²) in [7, 11) is -3.20. The van der Waals surface area contributed by atoms with Crippen LogP contribution in [0, 0.1) is 0 Å². The van der Waals surface area contributed by atoms with Gasteiger partial charge in [0.1, 0.15) is 0 Å². The molecule has 0 atom stereocenters. The van der Waals surface area contributed by atoms with E-state index in [-0.39, 0.29) is 11.8 Å². The molecule has 0 saturated carbocycles. The molecule has 3 rings (SSSR count). The highest BCUT2D eigenvalue weighted by Crippen LogP contribution is 2.20. The number of aryl methyl sites for hydroxylation is 1. The average Bonchev–Trinajstić information content (AvgIpc) is 2.51. The molecule has 1 N–H and O–H groups in total. The second kappa shape index (κ2) is 7.08. The molecule has 0 unspecified atom stereocenters. The van der Waals surface area contributed by atoms with E-state index in [1.807, 2.05) is 30.3 Å². The molecular formula is C16H24N2O3S. The van der Waals surface area contributed by atoms with Gasteiger partial charge in [0.2, 0.25) is 10.0 Å². The maximum absolute atomic E-state index is 12.1. The molecule has 22 heavy (non-hydrogen) atoms. The van der Waals surface area contributed by atoms with Crippen LogP contribution in [-0.2, 0) is 21.2 Å². The highest BCUT2D eigenvalue weighted by atomic mass is 32.2. The first-order valence-electron chi connectivity index (χ1n) is 7.98. The monoisotopic (exact) mass is 324 g/mol. The number of likely N-dealkylation sites (tertiary alicyclic amines) is 1. The van der Waals surface area contributed by atoms with Crippen LogP contribution in [0.3, 0.4) is 0 Å². The lowest BCUT2D eigenvalue weighted by Gasteiger charge is -2.45. The van der Waals surface area contributed by atoms with E-state index in [4.69, 9.17) is 4.74 Å². The molecule has 2 fully saturated rings. The van der Waals surface area contributed by atoms with Gasteiger partial charge in [-0.25, -0.2) is 13.1 Å². The van der Waals surface area contributed by atoms with Gasteiger partial charge in [-0.3, -0.25) is 4.90 Å². The van der Waals surface area contributed by atoms with Crippen LogP contribution in [0.1, 0.15) is 18.4 Å². The smallest absolute Gasteiger partial charge is 0.212 e. The van der Waals surface area contributed by atoms with Crippen molar-refractivity contribution in [3.05, 3.63) is 35.9 Å². The van der Waals surface area contributed by atoms with Gasteiger partial charge in [0.25, 0.3) is 0 Å². The number of hydrogen-bond acceptors (Lipinski definition) is 4. The lowest BCUT2D eigenvalue weighted by Crippen LogP contribution is -2.62. The fourth-order valence-electron chi connectivity index (χ4n) is 3.15. The number of benzene rings is 1. The maximum atomic E-state index is 12.1. The molecule has 5 nitrogen and oxygen atoms in total. The first-order valence-corrected chi connectivity index (χ1v) is 9.63. The fourth-order valence-corrected chi connectivity index (χ4v) is 4.42. The van der Waals surface area contributed by atoms with Crippen molar-refractivity contribution in [1.29, 1.82) is 0 Å². The second-order valence-electron chi connectivity index (χ2n) is 6.17. The number of sulfonamides is 1. The predicted molar refractivity (Wildman–Crippen MR) is 86.3 cm³/mol. The number of nitrogens with one attached hydrogen (secondary N) is 1. The van der Waals surface area contributed by atoms with Gasteiger partial charge in [-0.1, -0.05) is 30.3 Å². The van der Waals surface area contributed by atoms with Crippen LogP contribution in [0.15, 0.2) is 30.3 Å². The Bertz CT molecular complexity index is 564. The van der Waals surface area contributed by atoms with Gasteiger partial charge in [0.15, 0.2) is 0 Å². The minimum absolute atomic E-state index is 0.0728. The average molecular weight is 324 g/mol. The third-order valence-corrected chi connectivity index (χ3v) is 5.90. The maximum Gasteiger partial charge on any atom is 0.212 e. The van der Waals surface area contributed by atoms with Crippen LogP contribution in [0.4, 0.5) is 0 Å². The fraction of sp³-hybridized carbons (Fsp3) is 0.625. The SMILES string of the molecule is O=S(=O)(CCc1ccccc1)NC1CN(C2CCOCC2)C1. The zero-order chi connectivity index (χ0) is 15.4. The molecule has 1 aromatic carbocycles. The van der Waals surface area contributed by atoms with Crippen molar-refractivity contribution in [2.24, 2.45) is 0 Å². The summed E-state index contributed by atoms with van der Waals surface area (Å²) in [6.07, 6.45) is 2.69. The molecule has 2 aliphatic heterocycles. The molecule has 122 valence electrons. The topological polar surface area (TPSA) is 58.6 Å². The Balaban J connectivity index is 1.41. The Kier molecular flexibility index (Phi) is 5.13.